The van der Waals surface area contributed by atoms with E-state index in [4.69, 9.17) is 5.11 Å². The van der Waals surface area contributed by atoms with Crippen LogP contribution in [-0.2, 0) is 9.59 Å². The lowest BCUT2D eigenvalue weighted by Crippen LogP contribution is -2.42. The maximum Gasteiger partial charge on any atom is 0.309 e. The molecule has 0 unspecified atom stereocenters. The molecular weight excluding hydrogens is 184 g/mol. The van der Waals surface area contributed by atoms with Gasteiger partial charge >= 0.3 is 11.8 Å². The zero-order valence-electron chi connectivity index (χ0n) is 8.30. The topological polar surface area (TPSA) is 78.4 Å². The van der Waals surface area contributed by atoms with Crippen LogP contribution in [0.2, 0.25) is 0 Å². The van der Waals surface area contributed by atoms with Gasteiger partial charge in [0.1, 0.15) is 0 Å². The van der Waals surface area contributed by atoms with Crippen LogP contribution < -0.4 is 10.6 Å². The SMILES string of the molecule is CCNC(=O)C(=O)NCC1(CO)CC1. The highest BCUT2D eigenvalue weighted by Crippen LogP contribution is 2.44. The van der Waals surface area contributed by atoms with Crippen LogP contribution in [0.3, 0.4) is 0 Å². The van der Waals surface area contributed by atoms with E-state index in [2.05, 4.69) is 10.6 Å². The van der Waals surface area contributed by atoms with Crippen molar-refractivity contribution in [2.24, 2.45) is 5.41 Å². The molecule has 3 N–H and O–H groups in total. The third-order valence-electron chi connectivity index (χ3n) is 2.46. The molecule has 0 spiro atoms. The van der Waals surface area contributed by atoms with E-state index >= 15 is 0 Å². The third-order valence-corrected chi connectivity index (χ3v) is 2.46. The van der Waals surface area contributed by atoms with E-state index in [1.165, 1.54) is 0 Å². The monoisotopic (exact) mass is 200 g/mol. The van der Waals surface area contributed by atoms with Gasteiger partial charge in [-0.25, -0.2) is 0 Å². The maximum atomic E-state index is 11.1. The summed E-state index contributed by atoms with van der Waals surface area (Å²) in [6.07, 6.45) is 1.83. The van der Waals surface area contributed by atoms with Crippen LogP contribution in [-0.4, -0.2) is 36.6 Å². The Hall–Kier alpha value is -1.10. The summed E-state index contributed by atoms with van der Waals surface area (Å²) in [5.74, 6) is -1.23. The molecule has 1 rings (SSSR count). The summed E-state index contributed by atoms with van der Waals surface area (Å²) in [4.78, 5) is 22.1. The molecule has 1 saturated carbocycles. The van der Waals surface area contributed by atoms with Gasteiger partial charge in [-0.2, -0.15) is 0 Å². The second-order valence-electron chi connectivity index (χ2n) is 3.70. The molecule has 0 radical (unpaired) electrons. The van der Waals surface area contributed by atoms with Gasteiger partial charge in [-0.1, -0.05) is 0 Å². The van der Waals surface area contributed by atoms with E-state index < -0.39 is 11.8 Å². The second kappa shape index (κ2) is 4.41. The van der Waals surface area contributed by atoms with Crippen LogP contribution in [0.25, 0.3) is 0 Å². The van der Waals surface area contributed by atoms with Gasteiger partial charge in [-0.05, 0) is 19.8 Å². The lowest BCUT2D eigenvalue weighted by atomic mass is 10.1. The van der Waals surface area contributed by atoms with Crippen molar-refractivity contribution in [3.8, 4) is 0 Å². The van der Waals surface area contributed by atoms with Crippen LogP contribution in [0.15, 0.2) is 0 Å². The number of likely N-dealkylation sites (N-methyl/N-ethyl adjacent to an activating group) is 1. The third kappa shape index (κ3) is 2.70. The van der Waals surface area contributed by atoms with Gasteiger partial charge in [0.2, 0.25) is 0 Å². The Morgan fingerprint density at radius 2 is 1.86 bits per heavy atom. The Bertz CT molecular complexity index is 236. The molecule has 1 aliphatic rings. The van der Waals surface area contributed by atoms with Crippen molar-refractivity contribution in [1.82, 2.24) is 10.6 Å². The molecule has 0 aromatic heterocycles. The van der Waals surface area contributed by atoms with Crippen molar-refractivity contribution < 1.29 is 14.7 Å². The van der Waals surface area contributed by atoms with Gasteiger partial charge in [0.25, 0.3) is 0 Å². The Labute approximate surface area is 82.9 Å². The zero-order valence-corrected chi connectivity index (χ0v) is 8.30. The molecule has 0 aromatic carbocycles. The predicted molar refractivity (Wildman–Crippen MR) is 50.4 cm³/mol. The summed E-state index contributed by atoms with van der Waals surface area (Å²) < 4.78 is 0. The van der Waals surface area contributed by atoms with Crippen molar-refractivity contribution in [2.45, 2.75) is 19.8 Å². The molecule has 5 nitrogen and oxygen atoms in total. The number of hydrogen-bond acceptors (Lipinski definition) is 3. The molecule has 1 fully saturated rings. The molecular formula is C9H16N2O3. The molecule has 0 aromatic rings. The minimum Gasteiger partial charge on any atom is -0.396 e. The van der Waals surface area contributed by atoms with Gasteiger partial charge in [0.05, 0.1) is 6.61 Å². The highest BCUT2D eigenvalue weighted by atomic mass is 16.3. The number of carbonyl (C=O) groups is 2. The van der Waals surface area contributed by atoms with Crippen molar-refractivity contribution in [3.63, 3.8) is 0 Å². The fraction of sp³-hybridized carbons (Fsp3) is 0.778. The van der Waals surface area contributed by atoms with E-state index in [9.17, 15) is 9.59 Å². The van der Waals surface area contributed by atoms with Crippen molar-refractivity contribution >= 4 is 11.8 Å². The first-order chi connectivity index (χ1) is 6.63. The quantitative estimate of drug-likeness (QED) is 0.510. The van der Waals surface area contributed by atoms with Crippen molar-refractivity contribution in [2.75, 3.05) is 19.7 Å². The minimum absolute atomic E-state index is 0.0721. The van der Waals surface area contributed by atoms with Crippen LogP contribution in [0, 0.1) is 5.41 Å². The average molecular weight is 200 g/mol. The van der Waals surface area contributed by atoms with E-state index in [-0.39, 0.29) is 12.0 Å². The molecule has 14 heavy (non-hydrogen) atoms. The maximum absolute atomic E-state index is 11.1. The normalized spacial score (nSPS) is 17.3. The van der Waals surface area contributed by atoms with Crippen molar-refractivity contribution in [1.29, 1.82) is 0 Å². The zero-order chi connectivity index (χ0) is 10.6. The van der Waals surface area contributed by atoms with Crippen LogP contribution in [0.4, 0.5) is 0 Å². The Morgan fingerprint density at radius 1 is 1.29 bits per heavy atom. The van der Waals surface area contributed by atoms with E-state index in [0.717, 1.165) is 12.8 Å². The molecule has 0 heterocycles. The lowest BCUT2D eigenvalue weighted by Gasteiger charge is -2.11. The summed E-state index contributed by atoms with van der Waals surface area (Å²) in [6, 6.07) is 0. The molecule has 2 amide bonds. The lowest BCUT2D eigenvalue weighted by molar-refractivity contribution is -0.139. The van der Waals surface area contributed by atoms with E-state index in [1.807, 2.05) is 0 Å². The number of hydrogen-bond donors (Lipinski definition) is 3. The minimum atomic E-state index is -0.619. The van der Waals surface area contributed by atoms with Crippen molar-refractivity contribution in [3.05, 3.63) is 0 Å². The summed E-state index contributed by atoms with van der Waals surface area (Å²) in [5.41, 5.74) is -0.151. The predicted octanol–water partition coefficient (Wildman–Crippen LogP) is -0.989. The first-order valence-corrected chi connectivity index (χ1v) is 4.80. The van der Waals surface area contributed by atoms with Crippen LogP contribution in [0.5, 0.6) is 0 Å². The first-order valence-electron chi connectivity index (χ1n) is 4.80. The summed E-state index contributed by atoms with van der Waals surface area (Å²) >= 11 is 0. The molecule has 0 saturated heterocycles. The fourth-order valence-electron chi connectivity index (χ4n) is 1.16. The Balaban J connectivity index is 2.24. The number of rotatable bonds is 4. The summed E-state index contributed by atoms with van der Waals surface area (Å²) in [7, 11) is 0. The highest BCUT2D eigenvalue weighted by Gasteiger charge is 2.42. The Morgan fingerprint density at radius 3 is 2.29 bits per heavy atom. The van der Waals surface area contributed by atoms with Gasteiger partial charge in [0, 0.05) is 18.5 Å². The van der Waals surface area contributed by atoms with Crippen LogP contribution in [0.1, 0.15) is 19.8 Å². The molecule has 80 valence electrons. The first kappa shape index (κ1) is 11.0. The largest absolute Gasteiger partial charge is 0.396 e. The molecule has 1 aliphatic carbocycles. The second-order valence-corrected chi connectivity index (χ2v) is 3.70. The number of nitrogens with one attached hydrogen (secondary N) is 2. The molecule has 0 bridgehead atoms. The number of carbonyl (C=O) groups excluding carboxylic acids is 2. The van der Waals surface area contributed by atoms with Gasteiger partial charge < -0.3 is 15.7 Å². The van der Waals surface area contributed by atoms with Gasteiger partial charge in [-0.3, -0.25) is 9.59 Å². The van der Waals surface area contributed by atoms with E-state index in [1.54, 1.807) is 6.92 Å². The van der Waals surface area contributed by atoms with Gasteiger partial charge in [0.15, 0.2) is 0 Å². The molecule has 0 atom stereocenters. The standard InChI is InChI=1S/C9H16N2O3/c1-2-10-7(13)8(14)11-5-9(6-12)3-4-9/h12H,2-6H2,1H3,(H,10,13)(H,11,14). The smallest absolute Gasteiger partial charge is 0.309 e. The summed E-state index contributed by atoms with van der Waals surface area (Å²) in [5, 5.41) is 13.9. The number of aliphatic hydroxyl groups is 1. The molecule has 5 heteroatoms. The fourth-order valence-corrected chi connectivity index (χ4v) is 1.16. The summed E-state index contributed by atoms with van der Waals surface area (Å²) in [6.45, 7) is 2.65. The molecule has 0 aliphatic heterocycles. The van der Waals surface area contributed by atoms with E-state index in [0.29, 0.717) is 13.1 Å². The average Bonchev–Trinajstić information content (AvgIpc) is 2.95. The number of amides is 2. The highest BCUT2D eigenvalue weighted by molar-refractivity contribution is 6.35. The Kier molecular flexibility index (Phi) is 3.46. The number of aliphatic hydroxyl groups excluding tert-OH is 1. The van der Waals surface area contributed by atoms with Crippen LogP contribution >= 0.6 is 0 Å². The van der Waals surface area contributed by atoms with Gasteiger partial charge in [-0.15, -0.1) is 0 Å².